The number of carbonyl (C=O) groups is 1. The molecule has 0 bridgehead atoms. The molecule has 0 aromatic heterocycles. The van der Waals surface area contributed by atoms with E-state index in [-0.39, 0.29) is 23.9 Å². The normalized spacial score (nSPS) is 19.2. The minimum atomic E-state index is -3.86. The van der Waals surface area contributed by atoms with E-state index in [4.69, 9.17) is 0 Å². The lowest BCUT2D eigenvalue weighted by Crippen LogP contribution is -2.57. The van der Waals surface area contributed by atoms with Crippen molar-refractivity contribution in [3.05, 3.63) is 58.8 Å². The van der Waals surface area contributed by atoms with Gasteiger partial charge in [-0.2, -0.15) is 4.31 Å². The fourth-order valence-corrected chi connectivity index (χ4v) is 4.64. The van der Waals surface area contributed by atoms with Gasteiger partial charge in [-0.25, -0.2) is 12.8 Å². The standard InChI is InChI=1S/C17H16BrFN2O3S/c1-12-17(22)20(15-6-2-13(18)3-7-15)10-11-21(12)25(23,24)16-8-4-14(19)5-9-16/h2-9,12H,10-11H2,1H3. The van der Waals surface area contributed by atoms with Crippen LogP contribution < -0.4 is 4.90 Å². The molecule has 3 rings (SSSR count). The van der Waals surface area contributed by atoms with E-state index in [1.807, 2.05) is 12.1 Å². The quantitative estimate of drug-likeness (QED) is 0.757. The molecule has 1 heterocycles. The van der Waals surface area contributed by atoms with E-state index >= 15 is 0 Å². The van der Waals surface area contributed by atoms with Crippen LogP contribution in [-0.4, -0.2) is 37.8 Å². The van der Waals surface area contributed by atoms with E-state index in [1.54, 1.807) is 24.0 Å². The Bertz CT molecular complexity index is 885. The molecule has 0 saturated carbocycles. The molecule has 0 radical (unpaired) electrons. The number of amides is 1. The number of rotatable bonds is 3. The average Bonchev–Trinajstić information content (AvgIpc) is 2.58. The zero-order valence-corrected chi connectivity index (χ0v) is 15.8. The van der Waals surface area contributed by atoms with Gasteiger partial charge in [0.05, 0.1) is 4.90 Å². The SMILES string of the molecule is CC1C(=O)N(c2ccc(Br)cc2)CCN1S(=O)(=O)c1ccc(F)cc1. The van der Waals surface area contributed by atoms with Crippen LogP contribution in [0.25, 0.3) is 0 Å². The molecule has 8 heteroatoms. The summed E-state index contributed by atoms with van der Waals surface area (Å²) >= 11 is 3.35. The van der Waals surface area contributed by atoms with Gasteiger partial charge in [0.2, 0.25) is 15.9 Å². The molecule has 1 saturated heterocycles. The van der Waals surface area contributed by atoms with Gasteiger partial charge in [-0.1, -0.05) is 15.9 Å². The highest BCUT2D eigenvalue weighted by molar-refractivity contribution is 9.10. The third-order valence-corrected chi connectivity index (χ3v) is 6.67. The Balaban J connectivity index is 1.86. The van der Waals surface area contributed by atoms with Crippen LogP contribution in [0.4, 0.5) is 10.1 Å². The smallest absolute Gasteiger partial charge is 0.245 e. The summed E-state index contributed by atoms with van der Waals surface area (Å²) < 4.78 is 40.7. The van der Waals surface area contributed by atoms with Crippen molar-refractivity contribution in [2.75, 3.05) is 18.0 Å². The predicted molar refractivity (Wildman–Crippen MR) is 96.2 cm³/mol. The molecule has 1 fully saturated rings. The van der Waals surface area contributed by atoms with Crippen LogP contribution in [0.3, 0.4) is 0 Å². The molecule has 0 spiro atoms. The van der Waals surface area contributed by atoms with E-state index in [0.29, 0.717) is 0 Å². The lowest BCUT2D eigenvalue weighted by Gasteiger charge is -2.38. The number of hydrogen-bond donors (Lipinski definition) is 0. The van der Waals surface area contributed by atoms with Crippen molar-refractivity contribution in [2.24, 2.45) is 0 Å². The number of hydrogen-bond acceptors (Lipinski definition) is 3. The maximum Gasteiger partial charge on any atom is 0.245 e. The molecule has 5 nitrogen and oxygen atoms in total. The first-order chi connectivity index (χ1) is 11.8. The molecule has 1 aliphatic rings. The van der Waals surface area contributed by atoms with Crippen LogP contribution >= 0.6 is 15.9 Å². The summed E-state index contributed by atoms with van der Waals surface area (Å²) in [5.41, 5.74) is 0.721. The first-order valence-corrected chi connectivity index (χ1v) is 9.88. The molecule has 1 amide bonds. The predicted octanol–water partition coefficient (Wildman–Crippen LogP) is 3.01. The fraction of sp³-hybridized carbons (Fsp3) is 0.235. The molecule has 132 valence electrons. The van der Waals surface area contributed by atoms with Gasteiger partial charge in [0.1, 0.15) is 11.9 Å². The van der Waals surface area contributed by atoms with Crippen LogP contribution in [0.15, 0.2) is 57.9 Å². The van der Waals surface area contributed by atoms with E-state index in [9.17, 15) is 17.6 Å². The van der Waals surface area contributed by atoms with Crippen LogP contribution in [-0.2, 0) is 14.8 Å². The largest absolute Gasteiger partial charge is 0.310 e. The van der Waals surface area contributed by atoms with Gasteiger partial charge in [0.15, 0.2) is 0 Å². The first kappa shape index (κ1) is 18.0. The van der Waals surface area contributed by atoms with Crippen LogP contribution in [0.1, 0.15) is 6.92 Å². The van der Waals surface area contributed by atoms with Crippen LogP contribution in [0.2, 0.25) is 0 Å². The van der Waals surface area contributed by atoms with Crippen molar-refractivity contribution in [3.63, 3.8) is 0 Å². The van der Waals surface area contributed by atoms with Crippen molar-refractivity contribution in [3.8, 4) is 0 Å². The lowest BCUT2D eigenvalue weighted by atomic mass is 10.2. The minimum Gasteiger partial charge on any atom is -0.310 e. The van der Waals surface area contributed by atoms with Crippen molar-refractivity contribution < 1.29 is 17.6 Å². The molecule has 0 N–H and O–H groups in total. The van der Waals surface area contributed by atoms with Crippen molar-refractivity contribution >= 4 is 37.5 Å². The van der Waals surface area contributed by atoms with E-state index in [2.05, 4.69) is 15.9 Å². The Labute approximate surface area is 154 Å². The Morgan fingerprint density at radius 2 is 1.64 bits per heavy atom. The molecular weight excluding hydrogens is 411 g/mol. The van der Waals surface area contributed by atoms with Gasteiger partial charge in [0, 0.05) is 23.2 Å². The number of sulfonamides is 1. The third kappa shape index (κ3) is 3.47. The second-order valence-corrected chi connectivity index (χ2v) is 8.52. The van der Waals surface area contributed by atoms with E-state index in [1.165, 1.54) is 12.1 Å². The van der Waals surface area contributed by atoms with Crippen molar-refractivity contribution in [2.45, 2.75) is 17.9 Å². The summed E-state index contributed by atoms with van der Waals surface area (Å²) in [5, 5.41) is 0. The third-order valence-electron chi connectivity index (χ3n) is 4.16. The summed E-state index contributed by atoms with van der Waals surface area (Å²) in [6.07, 6.45) is 0. The Morgan fingerprint density at radius 3 is 2.24 bits per heavy atom. The molecule has 25 heavy (non-hydrogen) atoms. The molecule has 1 aliphatic heterocycles. The molecular formula is C17H16BrFN2O3S. The second-order valence-electron chi connectivity index (χ2n) is 5.71. The maximum atomic E-state index is 13.1. The number of piperazine rings is 1. The monoisotopic (exact) mass is 426 g/mol. The topological polar surface area (TPSA) is 57.7 Å². The number of carbonyl (C=O) groups excluding carboxylic acids is 1. The summed E-state index contributed by atoms with van der Waals surface area (Å²) in [5.74, 6) is -0.803. The van der Waals surface area contributed by atoms with E-state index in [0.717, 1.165) is 26.6 Å². The lowest BCUT2D eigenvalue weighted by molar-refractivity contribution is -0.123. The Hall–Kier alpha value is -1.77. The maximum absolute atomic E-state index is 13.1. The van der Waals surface area contributed by atoms with Crippen LogP contribution in [0.5, 0.6) is 0 Å². The van der Waals surface area contributed by atoms with Gasteiger partial charge in [-0.05, 0) is 55.5 Å². The van der Waals surface area contributed by atoms with Crippen LogP contribution in [0, 0.1) is 5.82 Å². The molecule has 2 aromatic carbocycles. The summed E-state index contributed by atoms with van der Waals surface area (Å²) in [4.78, 5) is 14.3. The van der Waals surface area contributed by atoms with E-state index < -0.39 is 21.9 Å². The fourth-order valence-electron chi connectivity index (χ4n) is 2.80. The highest BCUT2D eigenvalue weighted by atomic mass is 79.9. The second kappa shape index (κ2) is 6.86. The van der Waals surface area contributed by atoms with Gasteiger partial charge < -0.3 is 4.90 Å². The number of anilines is 1. The molecule has 1 unspecified atom stereocenters. The highest BCUT2D eigenvalue weighted by Crippen LogP contribution is 2.26. The van der Waals surface area contributed by atoms with Gasteiger partial charge in [-0.15, -0.1) is 0 Å². The average molecular weight is 427 g/mol. The number of nitrogens with zero attached hydrogens (tertiary/aromatic N) is 2. The Kier molecular flexibility index (Phi) is 4.95. The first-order valence-electron chi connectivity index (χ1n) is 7.65. The minimum absolute atomic E-state index is 0.0226. The number of halogens is 2. The zero-order chi connectivity index (χ0) is 18.2. The Morgan fingerprint density at radius 1 is 1.04 bits per heavy atom. The van der Waals surface area contributed by atoms with Gasteiger partial charge in [0.25, 0.3) is 0 Å². The summed E-state index contributed by atoms with van der Waals surface area (Å²) in [6, 6.07) is 11.0. The molecule has 0 aliphatic carbocycles. The molecule has 1 atom stereocenters. The highest BCUT2D eigenvalue weighted by Gasteiger charge is 2.39. The van der Waals surface area contributed by atoms with Crippen molar-refractivity contribution in [1.29, 1.82) is 0 Å². The van der Waals surface area contributed by atoms with Gasteiger partial charge >= 0.3 is 0 Å². The number of benzene rings is 2. The van der Waals surface area contributed by atoms with Crippen molar-refractivity contribution in [1.82, 2.24) is 4.31 Å². The van der Waals surface area contributed by atoms with Gasteiger partial charge in [-0.3, -0.25) is 4.79 Å². The zero-order valence-electron chi connectivity index (χ0n) is 13.4. The summed E-state index contributed by atoms with van der Waals surface area (Å²) in [7, 11) is -3.86. The summed E-state index contributed by atoms with van der Waals surface area (Å²) in [6.45, 7) is 1.99. The molecule has 2 aromatic rings.